The van der Waals surface area contributed by atoms with Crippen LogP contribution in [0.4, 0.5) is 0 Å². The Balaban J connectivity index is 2.21. The molecule has 0 aliphatic carbocycles. The number of hydrogen-bond acceptors (Lipinski definition) is 4. The second kappa shape index (κ2) is 7.83. The fourth-order valence-electron chi connectivity index (χ4n) is 2.08. The van der Waals surface area contributed by atoms with Gasteiger partial charge in [-0.25, -0.2) is 0 Å². The summed E-state index contributed by atoms with van der Waals surface area (Å²) in [5.41, 5.74) is -0.165. The summed E-state index contributed by atoms with van der Waals surface area (Å²) in [6.45, 7) is 6.44. The largest absolute Gasteiger partial charge is 0.459 e. The first-order chi connectivity index (χ1) is 9.80. The summed E-state index contributed by atoms with van der Waals surface area (Å²) in [5, 5.41) is 14.8. The van der Waals surface area contributed by atoms with Crippen LogP contribution in [-0.4, -0.2) is 36.1 Å². The molecule has 1 unspecified atom stereocenters. The number of amides is 2. The van der Waals surface area contributed by atoms with Crippen molar-refractivity contribution in [2.45, 2.75) is 39.7 Å². The number of furan rings is 1. The molecule has 0 aromatic carbocycles. The van der Waals surface area contributed by atoms with E-state index >= 15 is 0 Å². The lowest BCUT2D eigenvalue weighted by Gasteiger charge is -2.26. The van der Waals surface area contributed by atoms with Crippen molar-refractivity contribution < 1.29 is 19.1 Å². The van der Waals surface area contributed by atoms with Crippen molar-refractivity contribution in [2.75, 3.05) is 13.1 Å². The topological polar surface area (TPSA) is 91.6 Å². The molecular formula is C15H24N2O4. The predicted octanol–water partition coefficient (Wildman–Crippen LogP) is 1.31. The van der Waals surface area contributed by atoms with Crippen LogP contribution in [0.2, 0.25) is 0 Å². The summed E-state index contributed by atoms with van der Waals surface area (Å²) in [6.07, 6.45) is 1.84. The molecule has 0 aliphatic heterocycles. The normalized spacial score (nSPS) is 12.8. The number of rotatable bonds is 8. The van der Waals surface area contributed by atoms with E-state index in [2.05, 4.69) is 10.6 Å². The highest BCUT2D eigenvalue weighted by atomic mass is 16.3. The standard InChI is InChI=1S/C15H24N2O4/c1-11(18)9-15(2,3)10-17-13(19)6-7-16-14(20)12-5-4-8-21-12/h4-5,8,11,18H,6-7,9-10H2,1-3H3,(H,16,20)(H,17,19). The fraction of sp³-hybridized carbons (Fsp3) is 0.600. The van der Waals surface area contributed by atoms with Crippen LogP contribution in [-0.2, 0) is 4.79 Å². The Morgan fingerprint density at radius 3 is 2.67 bits per heavy atom. The summed E-state index contributed by atoms with van der Waals surface area (Å²) < 4.78 is 4.95. The van der Waals surface area contributed by atoms with Crippen molar-refractivity contribution in [2.24, 2.45) is 5.41 Å². The lowest BCUT2D eigenvalue weighted by atomic mass is 9.87. The van der Waals surface area contributed by atoms with E-state index in [4.69, 9.17) is 4.42 Å². The molecule has 3 N–H and O–H groups in total. The second-order valence-electron chi connectivity index (χ2n) is 5.98. The van der Waals surface area contributed by atoms with Crippen LogP contribution in [0, 0.1) is 5.41 Å². The van der Waals surface area contributed by atoms with Gasteiger partial charge < -0.3 is 20.2 Å². The highest BCUT2D eigenvalue weighted by Crippen LogP contribution is 2.20. The van der Waals surface area contributed by atoms with Crippen LogP contribution in [0.25, 0.3) is 0 Å². The molecule has 6 nitrogen and oxygen atoms in total. The fourth-order valence-corrected chi connectivity index (χ4v) is 2.08. The molecule has 0 fully saturated rings. The van der Waals surface area contributed by atoms with Gasteiger partial charge in [0, 0.05) is 19.5 Å². The molecule has 21 heavy (non-hydrogen) atoms. The molecule has 0 aliphatic rings. The van der Waals surface area contributed by atoms with Gasteiger partial charge in [-0.3, -0.25) is 9.59 Å². The Kier molecular flexibility index (Phi) is 6.42. The number of nitrogens with one attached hydrogen (secondary N) is 2. The summed E-state index contributed by atoms with van der Waals surface area (Å²) in [4.78, 5) is 23.3. The molecule has 1 aromatic rings. The number of carbonyl (C=O) groups is 2. The first-order valence-corrected chi connectivity index (χ1v) is 7.06. The van der Waals surface area contributed by atoms with E-state index in [0.717, 1.165) is 0 Å². The molecule has 0 radical (unpaired) electrons. The second-order valence-corrected chi connectivity index (χ2v) is 5.98. The Morgan fingerprint density at radius 2 is 2.10 bits per heavy atom. The maximum absolute atomic E-state index is 11.7. The minimum atomic E-state index is -0.399. The Morgan fingerprint density at radius 1 is 1.38 bits per heavy atom. The Labute approximate surface area is 124 Å². The van der Waals surface area contributed by atoms with Crippen LogP contribution in [0.15, 0.2) is 22.8 Å². The van der Waals surface area contributed by atoms with Crippen LogP contribution in [0.5, 0.6) is 0 Å². The third kappa shape index (κ3) is 6.94. The van der Waals surface area contributed by atoms with Crippen molar-refractivity contribution in [3.05, 3.63) is 24.2 Å². The van der Waals surface area contributed by atoms with E-state index in [0.29, 0.717) is 13.0 Å². The molecule has 118 valence electrons. The molecule has 0 saturated heterocycles. The van der Waals surface area contributed by atoms with Gasteiger partial charge in [-0.1, -0.05) is 13.8 Å². The van der Waals surface area contributed by atoms with Gasteiger partial charge in [0.25, 0.3) is 5.91 Å². The monoisotopic (exact) mass is 296 g/mol. The molecule has 6 heteroatoms. The zero-order valence-corrected chi connectivity index (χ0v) is 12.8. The van der Waals surface area contributed by atoms with Crippen molar-refractivity contribution in [3.63, 3.8) is 0 Å². The van der Waals surface area contributed by atoms with Crippen LogP contribution in [0.3, 0.4) is 0 Å². The molecule has 1 atom stereocenters. The third-order valence-corrected chi connectivity index (χ3v) is 2.99. The van der Waals surface area contributed by atoms with Crippen molar-refractivity contribution >= 4 is 11.8 Å². The molecule has 1 rings (SSSR count). The van der Waals surface area contributed by atoms with Gasteiger partial charge in [0.05, 0.1) is 12.4 Å². The van der Waals surface area contributed by atoms with Crippen molar-refractivity contribution in [1.82, 2.24) is 10.6 Å². The first-order valence-electron chi connectivity index (χ1n) is 7.06. The number of hydrogen-bond donors (Lipinski definition) is 3. The van der Waals surface area contributed by atoms with Crippen LogP contribution >= 0.6 is 0 Å². The average Bonchev–Trinajstić information content (AvgIpc) is 2.88. The van der Waals surface area contributed by atoms with Gasteiger partial charge in [0.2, 0.25) is 5.91 Å². The summed E-state index contributed by atoms with van der Waals surface area (Å²) >= 11 is 0. The van der Waals surface area contributed by atoms with E-state index in [1.807, 2.05) is 13.8 Å². The number of carbonyl (C=O) groups excluding carboxylic acids is 2. The summed E-state index contributed by atoms with van der Waals surface area (Å²) in [7, 11) is 0. The minimum Gasteiger partial charge on any atom is -0.459 e. The third-order valence-electron chi connectivity index (χ3n) is 2.99. The highest BCUT2D eigenvalue weighted by molar-refractivity contribution is 5.91. The lowest BCUT2D eigenvalue weighted by molar-refractivity contribution is -0.121. The van der Waals surface area contributed by atoms with E-state index in [1.165, 1.54) is 6.26 Å². The lowest BCUT2D eigenvalue weighted by Crippen LogP contribution is -2.37. The van der Waals surface area contributed by atoms with Gasteiger partial charge in [0.1, 0.15) is 0 Å². The van der Waals surface area contributed by atoms with E-state index in [9.17, 15) is 14.7 Å². The van der Waals surface area contributed by atoms with Crippen LogP contribution < -0.4 is 10.6 Å². The zero-order chi connectivity index (χ0) is 15.9. The van der Waals surface area contributed by atoms with Crippen LogP contribution in [0.1, 0.15) is 44.2 Å². The van der Waals surface area contributed by atoms with Gasteiger partial charge >= 0.3 is 0 Å². The predicted molar refractivity (Wildman–Crippen MR) is 78.7 cm³/mol. The maximum Gasteiger partial charge on any atom is 0.286 e. The molecule has 0 spiro atoms. The SMILES string of the molecule is CC(O)CC(C)(C)CNC(=O)CCNC(=O)c1ccco1. The first kappa shape index (κ1) is 17.2. The van der Waals surface area contributed by atoms with Gasteiger partial charge in [-0.05, 0) is 30.9 Å². The number of aliphatic hydroxyl groups excluding tert-OH is 1. The van der Waals surface area contributed by atoms with Crippen molar-refractivity contribution in [1.29, 1.82) is 0 Å². The highest BCUT2D eigenvalue weighted by Gasteiger charge is 2.21. The number of aliphatic hydroxyl groups is 1. The summed E-state index contributed by atoms with van der Waals surface area (Å²) in [5.74, 6) is -0.232. The Hall–Kier alpha value is -1.82. The molecule has 0 bridgehead atoms. The van der Waals surface area contributed by atoms with Gasteiger partial charge in [0.15, 0.2) is 5.76 Å². The van der Waals surface area contributed by atoms with Gasteiger partial charge in [-0.2, -0.15) is 0 Å². The molecular weight excluding hydrogens is 272 g/mol. The molecule has 1 heterocycles. The average molecular weight is 296 g/mol. The zero-order valence-electron chi connectivity index (χ0n) is 12.8. The molecule has 2 amide bonds. The Bertz CT molecular complexity index is 452. The van der Waals surface area contributed by atoms with Crippen molar-refractivity contribution in [3.8, 4) is 0 Å². The van der Waals surface area contributed by atoms with Gasteiger partial charge in [-0.15, -0.1) is 0 Å². The molecule has 0 saturated carbocycles. The van der Waals surface area contributed by atoms with E-state index in [-0.39, 0.29) is 36.0 Å². The maximum atomic E-state index is 11.7. The smallest absolute Gasteiger partial charge is 0.286 e. The minimum absolute atomic E-state index is 0.131. The quantitative estimate of drug-likeness (QED) is 0.674. The molecule has 1 aromatic heterocycles. The van der Waals surface area contributed by atoms with E-state index < -0.39 is 6.10 Å². The van der Waals surface area contributed by atoms with E-state index in [1.54, 1.807) is 19.1 Å². The summed E-state index contributed by atoms with van der Waals surface area (Å²) in [6, 6.07) is 3.19.